The predicted molar refractivity (Wildman–Crippen MR) is 54.0 cm³/mol. The van der Waals surface area contributed by atoms with Gasteiger partial charge in [0.05, 0.1) is 6.20 Å². The Morgan fingerprint density at radius 3 is 2.62 bits per heavy atom. The van der Waals surface area contributed by atoms with Gasteiger partial charge in [0.1, 0.15) is 0 Å². The van der Waals surface area contributed by atoms with E-state index in [9.17, 15) is 0 Å². The Balaban J connectivity index is 2.18. The third-order valence-electron chi connectivity index (χ3n) is 2.99. The van der Waals surface area contributed by atoms with Crippen LogP contribution in [0.5, 0.6) is 0 Å². The molecule has 0 aromatic carbocycles. The second-order valence-corrected chi connectivity index (χ2v) is 4.18. The SMILES string of the molecule is Cn1c(C2CCCCC2)cnc1Cl. The summed E-state index contributed by atoms with van der Waals surface area (Å²) in [6.07, 6.45) is 8.63. The number of hydrogen-bond donors (Lipinski definition) is 0. The highest BCUT2D eigenvalue weighted by Crippen LogP contribution is 2.32. The van der Waals surface area contributed by atoms with E-state index < -0.39 is 0 Å². The quantitative estimate of drug-likeness (QED) is 0.678. The molecule has 1 saturated carbocycles. The van der Waals surface area contributed by atoms with Crippen LogP contribution in [-0.4, -0.2) is 9.55 Å². The Morgan fingerprint density at radius 2 is 2.08 bits per heavy atom. The van der Waals surface area contributed by atoms with E-state index in [0.29, 0.717) is 11.2 Å². The van der Waals surface area contributed by atoms with Crippen molar-refractivity contribution in [3.63, 3.8) is 0 Å². The number of nitrogens with zero attached hydrogens (tertiary/aromatic N) is 2. The van der Waals surface area contributed by atoms with E-state index in [2.05, 4.69) is 4.98 Å². The third-order valence-corrected chi connectivity index (χ3v) is 3.34. The fraction of sp³-hybridized carbons (Fsp3) is 0.700. The zero-order valence-electron chi connectivity index (χ0n) is 7.96. The summed E-state index contributed by atoms with van der Waals surface area (Å²) in [6.45, 7) is 0. The van der Waals surface area contributed by atoms with E-state index in [1.165, 1.54) is 37.8 Å². The summed E-state index contributed by atoms with van der Waals surface area (Å²) in [5.41, 5.74) is 1.31. The minimum atomic E-state index is 0.612. The number of halogens is 1. The van der Waals surface area contributed by atoms with Crippen molar-refractivity contribution in [2.24, 2.45) is 7.05 Å². The van der Waals surface area contributed by atoms with Gasteiger partial charge < -0.3 is 4.57 Å². The maximum atomic E-state index is 5.90. The van der Waals surface area contributed by atoms with E-state index in [1.807, 2.05) is 17.8 Å². The summed E-state index contributed by atoms with van der Waals surface area (Å²) >= 11 is 5.90. The summed E-state index contributed by atoms with van der Waals surface area (Å²) in [5.74, 6) is 0.693. The lowest BCUT2D eigenvalue weighted by Crippen LogP contribution is -2.08. The van der Waals surface area contributed by atoms with Crippen LogP contribution in [0, 0.1) is 0 Å². The van der Waals surface area contributed by atoms with Crippen molar-refractivity contribution in [2.45, 2.75) is 38.0 Å². The van der Waals surface area contributed by atoms with Crippen molar-refractivity contribution >= 4 is 11.6 Å². The molecule has 3 heteroatoms. The van der Waals surface area contributed by atoms with Gasteiger partial charge in [-0.05, 0) is 24.4 Å². The summed E-state index contributed by atoms with van der Waals surface area (Å²) in [4.78, 5) is 4.12. The molecule has 0 radical (unpaired) electrons. The monoisotopic (exact) mass is 198 g/mol. The summed E-state index contributed by atoms with van der Waals surface area (Å²) in [6, 6.07) is 0. The minimum Gasteiger partial charge on any atom is -0.322 e. The summed E-state index contributed by atoms with van der Waals surface area (Å²) in [5, 5.41) is 0.612. The lowest BCUT2D eigenvalue weighted by molar-refractivity contribution is 0.429. The second kappa shape index (κ2) is 3.70. The number of imidazole rings is 1. The van der Waals surface area contributed by atoms with Gasteiger partial charge in [-0.2, -0.15) is 0 Å². The molecular weight excluding hydrogens is 184 g/mol. The predicted octanol–water partition coefficient (Wildman–Crippen LogP) is 3.12. The first-order valence-electron chi connectivity index (χ1n) is 4.96. The zero-order valence-corrected chi connectivity index (χ0v) is 8.72. The van der Waals surface area contributed by atoms with Crippen LogP contribution in [0.25, 0.3) is 0 Å². The number of rotatable bonds is 1. The second-order valence-electron chi connectivity index (χ2n) is 3.85. The molecule has 0 aliphatic heterocycles. The maximum Gasteiger partial charge on any atom is 0.202 e. The van der Waals surface area contributed by atoms with Crippen molar-refractivity contribution in [1.29, 1.82) is 0 Å². The van der Waals surface area contributed by atoms with Gasteiger partial charge >= 0.3 is 0 Å². The first kappa shape index (κ1) is 9.07. The molecule has 13 heavy (non-hydrogen) atoms. The van der Waals surface area contributed by atoms with Crippen LogP contribution in [0.3, 0.4) is 0 Å². The Hall–Kier alpha value is -0.500. The molecule has 2 nitrogen and oxygen atoms in total. The van der Waals surface area contributed by atoms with Crippen LogP contribution in [0.2, 0.25) is 5.28 Å². The first-order chi connectivity index (χ1) is 6.29. The van der Waals surface area contributed by atoms with Gasteiger partial charge in [0.25, 0.3) is 0 Å². The molecule has 72 valence electrons. The zero-order chi connectivity index (χ0) is 9.26. The highest BCUT2D eigenvalue weighted by Gasteiger charge is 2.19. The van der Waals surface area contributed by atoms with Gasteiger partial charge in [-0.15, -0.1) is 0 Å². The lowest BCUT2D eigenvalue weighted by atomic mass is 9.87. The van der Waals surface area contributed by atoms with E-state index in [-0.39, 0.29) is 0 Å². The van der Waals surface area contributed by atoms with Crippen molar-refractivity contribution in [1.82, 2.24) is 9.55 Å². The van der Waals surface area contributed by atoms with Crippen molar-refractivity contribution in [2.75, 3.05) is 0 Å². The topological polar surface area (TPSA) is 17.8 Å². The first-order valence-corrected chi connectivity index (χ1v) is 5.34. The smallest absolute Gasteiger partial charge is 0.202 e. The molecule has 0 unspecified atom stereocenters. The molecule has 1 aliphatic rings. The molecular formula is C10H15ClN2. The van der Waals surface area contributed by atoms with Gasteiger partial charge in [-0.1, -0.05) is 19.3 Å². The standard InChI is InChI=1S/C10H15ClN2/c1-13-9(7-12-10(13)11)8-5-3-2-4-6-8/h7-8H,2-6H2,1H3. The van der Waals surface area contributed by atoms with E-state index in [4.69, 9.17) is 11.6 Å². The molecule has 2 rings (SSSR count). The van der Waals surface area contributed by atoms with Gasteiger partial charge in [0.15, 0.2) is 0 Å². The fourth-order valence-electron chi connectivity index (χ4n) is 2.18. The fourth-order valence-corrected chi connectivity index (χ4v) is 2.32. The molecule has 0 N–H and O–H groups in total. The Kier molecular flexibility index (Phi) is 2.58. The average molecular weight is 199 g/mol. The number of hydrogen-bond acceptors (Lipinski definition) is 1. The molecule has 0 bridgehead atoms. The largest absolute Gasteiger partial charge is 0.322 e. The third kappa shape index (κ3) is 1.73. The van der Waals surface area contributed by atoms with Crippen LogP contribution >= 0.6 is 11.6 Å². The van der Waals surface area contributed by atoms with Crippen molar-refractivity contribution in [3.05, 3.63) is 17.2 Å². The van der Waals surface area contributed by atoms with Crippen LogP contribution in [0.15, 0.2) is 6.20 Å². The van der Waals surface area contributed by atoms with Crippen LogP contribution in [0.4, 0.5) is 0 Å². The van der Waals surface area contributed by atoms with Gasteiger partial charge in [0, 0.05) is 18.7 Å². The molecule has 1 heterocycles. The molecule has 0 amide bonds. The van der Waals surface area contributed by atoms with E-state index in [1.54, 1.807) is 0 Å². The Bertz CT molecular complexity index is 287. The summed E-state index contributed by atoms with van der Waals surface area (Å²) < 4.78 is 2.01. The van der Waals surface area contributed by atoms with E-state index >= 15 is 0 Å². The Labute approximate surface area is 83.9 Å². The molecule has 1 fully saturated rings. The van der Waals surface area contributed by atoms with Crippen LogP contribution in [-0.2, 0) is 7.05 Å². The van der Waals surface area contributed by atoms with Gasteiger partial charge in [0.2, 0.25) is 5.28 Å². The normalized spacial score (nSPS) is 19.2. The molecule has 0 saturated heterocycles. The molecule has 0 atom stereocenters. The van der Waals surface area contributed by atoms with Gasteiger partial charge in [-0.25, -0.2) is 4.98 Å². The van der Waals surface area contributed by atoms with Crippen molar-refractivity contribution < 1.29 is 0 Å². The maximum absolute atomic E-state index is 5.90. The van der Waals surface area contributed by atoms with Crippen molar-refractivity contribution in [3.8, 4) is 0 Å². The van der Waals surface area contributed by atoms with Gasteiger partial charge in [-0.3, -0.25) is 0 Å². The van der Waals surface area contributed by atoms with Crippen LogP contribution < -0.4 is 0 Å². The van der Waals surface area contributed by atoms with E-state index in [0.717, 1.165) is 0 Å². The highest BCUT2D eigenvalue weighted by molar-refractivity contribution is 6.28. The average Bonchev–Trinajstić information content (AvgIpc) is 2.49. The van der Waals surface area contributed by atoms with Crippen LogP contribution in [0.1, 0.15) is 43.7 Å². The molecule has 1 aromatic rings. The minimum absolute atomic E-state index is 0.612. The molecule has 1 aliphatic carbocycles. The molecule has 0 spiro atoms. The number of aromatic nitrogens is 2. The lowest BCUT2D eigenvalue weighted by Gasteiger charge is -2.21. The highest BCUT2D eigenvalue weighted by atomic mass is 35.5. The summed E-state index contributed by atoms with van der Waals surface area (Å²) in [7, 11) is 2.00. The molecule has 1 aromatic heterocycles. The Morgan fingerprint density at radius 1 is 1.38 bits per heavy atom.